The number of halogens is 2. The van der Waals surface area contributed by atoms with Crippen molar-refractivity contribution in [3.05, 3.63) is 69.2 Å². The van der Waals surface area contributed by atoms with Crippen molar-refractivity contribution in [1.82, 2.24) is 4.90 Å². The average Bonchev–Trinajstić information content (AvgIpc) is 2.48. The van der Waals surface area contributed by atoms with Crippen LogP contribution in [0.5, 0.6) is 0 Å². The van der Waals surface area contributed by atoms with Gasteiger partial charge in [0.25, 0.3) is 5.91 Å². The van der Waals surface area contributed by atoms with Crippen molar-refractivity contribution in [1.29, 1.82) is 0 Å². The van der Waals surface area contributed by atoms with E-state index in [1.807, 2.05) is 42.2 Å². The van der Waals surface area contributed by atoms with Gasteiger partial charge in [0.15, 0.2) is 0 Å². The first-order valence-corrected chi connectivity index (χ1v) is 7.57. The van der Waals surface area contributed by atoms with Gasteiger partial charge in [-0.05, 0) is 46.6 Å². The molecule has 0 unspecified atom stereocenters. The maximum absolute atomic E-state index is 12.5. The lowest BCUT2D eigenvalue weighted by Gasteiger charge is -2.21. The highest BCUT2D eigenvalue weighted by Crippen LogP contribution is 2.24. The Kier molecular flexibility index (Phi) is 5.21. The van der Waals surface area contributed by atoms with E-state index in [0.29, 0.717) is 23.7 Å². The number of hydrogen-bond donors (Lipinski definition) is 0. The molecule has 2 rings (SSSR count). The summed E-state index contributed by atoms with van der Waals surface area (Å²) in [4.78, 5) is 14.3. The lowest BCUT2D eigenvalue weighted by atomic mass is 10.1. The fourth-order valence-electron chi connectivity index (χ4n) is 1.94. The Morgan fingerprint density at radius 3 is 2.50 bits per heavy atom. The molecule has 2 aromatic rings. The fourth-order valence-corrected chi connectivity index (χ4v) is 2.44. The fraction of sp³-hybridized carbons (Fsp3) is 0.188. The van der Waals surface area contributed by atoms with Crippen LogP contribution in [0.1, 0.15) is 22.8 Å². The normalized spacial score (nSPS) is 10.3. The van der Waals surface area contributed by atoms with E-state index in [2.05, 4.69) is 15.9 Å². The van der Waals surface area contributed by atoms with Crippen LogP contribution in [0.3, 0.4) is 0 Å². The molecule has 0 spiro atoms. The van der Waals surface area contributed by atoms with Gasteiger partial charge in [0.05, 0.1) is 5.02 Å². The van der Waals surface area contributed by atoms with E-state index in [-0.39, 0.29) is 5.91 Å². The van der Waals surface area contributed by atoms with Crippen LogP contribution in [0.15, 0.2) is 53.0 Å². The van der Waals surface area contributed by atoms with Gasteiger partial charge in [0.1, 0.15) is 0 Å². The molecule has 0 aliphatic carbocycles. The van der Waals surface area contributed by atoms with Crippen molar-refractivity contribution in [2.45, 2.75) is 13.5 Å². The van der Waals surface area contributed by atoms with E-state index in [1.54, 1.807) is 18.2 Å². The Hall–Kier alpha value is -1.32. The van der Waals surface area contributed by atoms with Crippen LogP contribution in [0.2, 0.25) is 5.02 Å². The maximum atomic E-state index is 12.5. The van der Waals surface area contributed by atoms with E-state index in [1.165, 1.54) is 0 Å². The van der Waals surface area contributed by atoms with Crippen LogP contribution in [0.25, 0.3) is 0 Å². The maximum Gasteiger partial charge on any atom is 0.254 e. The van der Waals surface area contributed by atoms with E-state index < -0.39 is 0 Å². The predicted molar refractivity (Wildman–Crippen MR) is 86.0 cm³/mol. The first-order chi connectivity index (χ1) is 9.61. The molecule has 4 heteroatoms. The summed E-state index contributed by atoms with van der Waals surface area (Å²) in [6, 6.07) is 15.2. The summed E-state index contributed by atoms with van der Waals surface area (Å²) in [5, 5.41) is 0.604. The topological polar surface area (TPSA) is 20.3 Å². The van der Waals surface area contributed by atoms with Crippen LogP contribution >= 0.6 is 27.5 Å². The van der Waals surface area contributed by atoms with Crippen LogP contribution in [0, 0.1) is 0 Å². The van der Waals surface area contributed by atoms with Gasteiger partial charge in [0.2, 0.25) is 0 Å². The Bertz CT molecular complexity index is 601. The van der Waals surface area contributed by atoms with Gasteiger partial charge in [-0.2, -0.15) is 0 Å². The quantitative estimate of drug-likeness (QED) is 0.776. The minimum Gasteiger partial charge on any atom is -0.335 e. The number of rotatable bonds is 4. The van der Waals surface area contributed by atoms with Gasteiger partial charge < -0.3 is 4.90 Å². The number of carbonyl (C=O) groups is 1. The Morgan fingerprint density at radius 1 is 1.20 bits per heavy atom. The molecule has 104 valence electrons. The second-order valence-corrected chi connectivity index (χ2v) is 5.70. The summed E-state index contributed by atoms with van der Waals surface area (Å²) >= 11 is 9.31. The number of amides is 1. The smallest absolute Gasteiger partial charge is 0.254 e. The second kappa shape index (κ2) is 6.91. The van der Waals surface area contributed by atoms with E-state index >= 15 is 0 Å². The predicted octanol–water partition coefficient (Wildman–Crippen LogP) is 4.76. The lowest BCUT2D eigenvalue weighted by molar-refractivity contribution is 0.0752. The lowest BCUT2D eigenvalue weighted by Crippen LogP contribution is -2.30. The molecule has 0 aliphatic heterocycles. The van der Waals surface area contributed by atoms with Crippen LogP contribution < -0.4 is 0 Å². The number of carbonyl (C=O) groups excluding carboxylic acids is 1. The summed E-state index contributed by atoms with van der Waals surface area (Å²) in [5.41, 5.74) is 1.76. The number of nitrogens with zero attached hydrogens (tertiary/aromatic N) is 1. The highest BCUT2D eigenvalue weighted by molar-refractivity contribution is 9.10. The molecule has 0 fully saturated rings. The van der Waals surface area contributed by atoms with E-state index in [4.69, 9.17) is 11.6 Å². The minimum absolute atomic E-state index is 0.00807. The molecule has 1 amide bonds. The largest absolute Gasteiger partial charge is 0.335 e. The summed E-state index contributed by atoms with van der Waals surface area (Å²) < 4.78 is 0.737. The van der Waals surface area contributed by atoms with Crippen LogP contribution in [-0.2, 0) is 6.54 Å². The Balaban J connectivity index is 2.18. The molecule has 2 aromatic carbocycles. The molecule has 0 heterocycles. The van der Waals surface area contributed by atoms with Gasteiger partial charge in [-0.3, -0.25) is 4.79 Å². The average molecular weight is 353 g/mol. The summed E-state index contributed by atoms with van der Waals surface area (Å²) in [6.45, 7) is 3.25. The molecular weight excluding hydrogens is 338 g/mol. The Morgan fingerprint density at radius 2 is 1.90 bits per heavy atom. The van der Waals surface area contributed by atoms with Crippen molar-refractivity contribution < 1.29 is 4.79 Å². The summed E-state index contributed by atoms with van der Waals surface area (Å²) in [6.07, 6.45) is 0. The summed E-state index contributed by atoms with van der Waals surface area (Å²) in [7, 11) is 0. The first kappa shape index (κ1) is 15.1. The molecule has 0 aliphatic rings. The number of benzene rings is 2. The molecule has 0 saturated carbocycles. The van der Waals surface area contributed by atoms with E-state index in [9.17, 15) is 4.79 Å². The molecule has 2 nitrogen and oxygen atoms in total. The molecule has 20 heavy (non-hydrogen) atoms. The highest BCUT2D eigenvalue weighted by atomic mass is 79.9. The standard InChI is InChI=1S/C16H15BrClNO/c1-2-19(11-12-6-4-3-5-7-12)16(20)13-8-9-15(18)14(17)10-13/h3-10H,2,11H2,1H3. The molecule has 0 aromatic heterocycles. The van der Waals surface area contributed by atoms with Gasteiger partial charge in [-0.1, -0.05) is 41.9 Å². The number of hydrogen-bond acceptors (Lipinski definition) is 1. The van der Waals surface area contributed by atoms with Crippen molar-refractivity contribution >= 4 is 33.4 Å². The van der Waals surface area contributed by atoms with Crippen LogP contribution in [-0.4, -0.2) is 17.4 Å². The van der Waals surface area contributed by atoms with Crippen molar-refractivity contribution in [3.8, 4) is 0 Å². The zero-order chi connectivity index (χ0) is 14.5. The molecule has 0 N–H and O–H groups in total. The minimum atomic E-state index is 0.00807. The van der Waals surface area contributed by atoms with Gasteiger partial charge in [-0.15, -0.1) is 0 Å². The van der Waals surface area contributed by atoms with Crippen molar-refractivity contribution in [2.24, 2.45) is 0 Å². The van der Waals surface area contributed by atoms with Gasteiger partial charge >= 0.3 is 0 Å². The van der Waals surface area contributed by atoms with Crippen molar-refractivity contribution in [3.63, 3.8) is 0 Å². The molecule has 0 bridgehead atoms. The third-order valence-corrected chi connectivity index (χ3v) is 4.27. The van der Waals surface area contributed by atoms with Gasteiger partial charge in [-0.25, -0.2) is 0 Å². The molecule has 0 saturated heterocycles. The zero-order valence-corrected chi connectivity index (χ0v) is 13.5. The van der Waals surface area contributed by atoms with Crippen LogP contribution in [0.4, 0.5) is 0 Å². The third-order valence-electron chi connectivity index (χ3n) is 3.05. The van der Waals surface area contributed by atoms with Gasteiger partial charge in [0, 0.05) is 23.1 Å². The zero-order valence-electron chi connectivity index (χ0n) is 11.1. The van der Waals surface area contributed by atoms with E-state index in [0.717, 1.165) is 10.0 Å². The third kappa shape index (κ3) is 3.62. The Labute approximate surface area is 132 Å². The summed E-state index contributed by atoms with van der Waals surface area (Å²) in [5.74, 6) is 0.00807. The monoisotopic (exact) mass is 351 g/mol. The molecule has 0 atom stereocenters. The second-order valence-electron chi connectivity index (χ2n) is 4.43. The molecule has 0 radical (unpaired) electrons. The highest BCUT2D eigenvalue weighted by Gasteiger charge is 2.15. The SMILES string of the molecule is CCN(Cc1ccccc1)C(=O)c1ccc(Cl)c(Br)c1. The van der Waals surface area contributed by atoms with Crippen molar-refractivity contribution in [2.75, 3.05) is 6.54 Å². The molecular formula is C16H15BrClNO. The first-order valence-electron chi connectivity index (χ1n) is 6.40.